The van der Waals surface area contributed by atoms with Gasteiger partial charge in [0.25, 0.3) is 0 Å². The van der Waals surface area contributed by atoms with Crippen LogP contribution in [-0.4, -0.2) is 6.85 Å². The molecule has 2 aliphatic heterocycles. The Labute approximate surface area is 424 Å². The van der Waals surface area contributed by atoms with Crippen molar-refractivity contribution >= 4 is 131 Å². The highest BCUT2D eigenvalue weighted by molar-refractivity contribution is 7.27. The Morgan fingerprint density at radius 2 is 1.07 bits per heavy atom. The molecule has 2 aliphatic carbocycles. The maximum absolute atomic E-state index is 7.87. The van der Waals surface area contributed by atoms with Crippen LogP contribution in [0.4, 0.5) is 28.4 Å². The molecule has 71 heavy (non-hydrogen) atoms. The molecule has 15 rings (SSSR count). The first-order chi connectivity index (χ1) is 34.1. The van der Waals surface area contributed by atoms with Crippen molar-refractivity contribution in [3.63, 3.8) is 0 Å². The SMILES string of the molecule is Cc1cc2c(cc1N1c3c(oc4cc5c(cc34)C(C)(C)CCC5(C)C)B3c4c(cc5c(sc6ccccc65)c41)-c1cc4ccccc4cc1N3c1cccc3sc4ccccc4c13)C(C)(C)CCC2(C)C. The van der Waals surface area contributed by atoms with Gasteiger partial charge >= 0.3 is 6.85 Å². The van der Waals surface area contributed by atoms with Crippen LogP contribution < -0.4 is 20.8 Å². The summed E-state index contributed by atoms with van der Waals surface area (Å²) in [6.07, 6.45) is 4.61. The largest absolute Gasteiger partial charge is 0.466 e. The fourth-order valence-electron chi connectivity index (χ4n) is 13.8. The van der Waals surface area contributed by atoms with E-state index in [0.717, 1.165) is 30.5 Å². The van der Waals surface area contributed by atoms with Gasteiger partial charge in [0.1, 0.15) is 11.2 Å². The van der Waals surface area contributed by atoms with E-state index in [0.29, 0.717) is 0 Å². The number of aryl methyl sites for hydroxylation is 1. The first-order valence-corrected chi connectivity index (χ1v) is 27.5. The number of rotatable bonds is 2. The van der Waals surface area contributed by atoms with Crippen LogP contribution in [0.5, 0.6) is 0 Å². The van der Waals surface area contributed by atoms with E-state index in [4.69, 9.17) is 4.42 Å². The molecule has 6 heteroatoms. The predicted octanol–water partition coefficient (Wildman–Crippen LogP) is 18.0. The minimum absolute atomic E-state index is 0.0103. The fourth-order valence-corrected chi connectivity index (χ4v) is 16.2. The maximum atomic E-state index is 7.87. The van der Waals surface area contributed by atoms with Crippen molar-refractivity contribution in [2.45, 2.75) is 110 Å². The lowest BCUT2D eigenvalue weighted by Crippen LogP contribution is -2.61. The highest BCUT2D eigenvalue weighted by Gasteiger charge is 2.51. The van der Waals surface area contributed by atoms with Gasteiger partial charge in [0.15, 0.2) is 0 Å². The van der Waals surface area contributed by atoms with E-state index in [1.807, 2.05) is 22.7 Å². The Bertz CT molecular complexity index is 4180. The number of nitrogens with zero attached hydrogens (tertiary/aromatic N) is 2. The van der Waals surface area contributed by atoms with Gasteiger partial charge in [-0.1, -0.05) is 128 Å². The maximum Gasteiger partial charge on any atom is 0.376 e. The molecule has 11 aromatic rings. The Morgan fingerprint density at radius 1 is 0.479 bits per heavy atom. The number of fused-ring (bicyclic) bond motifs is 16. The van der Waals surface area contributed by atoms with E-state index < -0.39 is 0 Å². The van der Waals surface area contributed by atoms with Gasteiger partial charge in [-0.25, -0.2) is 0 Å². The molecule has 8 aromatic carbocycles. The first kappa shape index (κ1) is 42.4. The molecule has 0 amide bonds. The Hall–Kier alpha value is -6.34. The number of hydrogen-bond donors (Lipinski definition) is 0. The van der Waals surface area contributed by atoms with E-state index in [2.05, 4.69) is 205 Å². The smallest absolute Gasteiger partial charge is 0.376 e. The van der Waals surface area contributed by atoms with Gasteiger partial charge < -0.3 is 14.1 Å². The summed E-state index contributed by atoms with van der Waals surface area (Å²) in [5.41, 5.74) is 19.3. The molecule has 0 unspecified atom stereocenters. The Kier molecular flexibility index (Phi) is 8.35. The molecule has 0 saturated carbocycles. The standard InChI is InChI=1S/C65H57BN2OS2/c1-36-29-45-47(64(6,7)27-25-62(45,2)3)34-50(36)67-58-44-33-46-48(65(8,9)28-26-63(46,4)5)35-52(44)69-61(58)66-57-42(32-43-39-19-12-14-22-53(39)71-60(43)59(57)67)41-30-37-17-10-11-18-38(37)31-51(41)68(66)49-21-16-24-55-56(49)40-20-13-15-23-54(40)70-55/h10-24,29-35H,25-28H2,1-9H3. The number of anilines is 5. The van der Waals surface area contributed by atoms with Crippen LogP contribution in [0.25, 0.3) is 73.2 Å². The number of hydrogen-bond acceptors (Lipinski definition) is 5. The van der Waals surface area contributed by atoms with Crippen molar-refractivity contribution in [3.8, 4) is 11.1 Å². The fraction of sp³-hybridized carbons (Fsp3) is 0.262. The summed E-state index contributed by atoms with van der Waals surface area (Å²) in [6, 6.07) is 51.8. The van der Waals surface area contributed by atoms with Gasteiger partial charge in [0, 0.05) is 63.7 Å². The van der Waals surface area contributed by atoms with Crippen LogP contribution in [0, 0.1) is 6.92 Å². The molecule has 3 aromatic heterocycles. The second kappa shape index (κ2) is 14.0. The summed E-state index contributed by atoms with van der Waals surface area (Å²) in [5, 5.41) is 8.91. The molecule has 4 aliphatic rings. The van der Waals surface area contributed by atoms with Gasteiger partial charge in [-0.2, -0.15) is 0 Å². The summed E-state index contributed by atoms with van der Waals surface area (Å²) in [6.45, 7) is 21.8. The lowest BCUT2D eigenvalue weighted by Gasteiger charge is -2.46. The predicted molar refractivity (Wildman–Crippen MR) is 309 cm³/mol. The molecule has 0 radical (unpaired) electrons. The van der Waals surface area contributed by atoms with Crippen LogP contribution >= 0.6 is 22.7 Å². The van der Waals surface area contributed by atoms with Gasteiger partial charge in [0.05, 0.1) is 16.1 Å². The molecular formula is C65H57BN2OS2. The van der Waals surface area contributed by atoms with Crippen molar-refractivity contribution in [1.82, 2.24) is 0 Å². The molecular weight excluding hydrogens is 900 g/mol. The summed E-state index contributed by atoms with van der Waals surface area (Å²) < 4.78 is 13.1. The normalized spacial score (nSPS) is 18.1. The molecule has 0 N–H and O–H groups in total. The lowest BCUT2D eigenvalue weighted by molar-refractivity contribution is 0.332. The molecule has 0 bridgehead atoms. The monoisotopic (exact) mass is 956 g/mol. The molecule has 0 fully saturated rings. The third kappa shape index (κ3) is 5.67. The van der Waals surface area contributed by atoms with Crippen molar-refractivity contribution in [2.24, 2.45) is 0 Å². The van der Waals surface area contributed by atoms with Gasteiger partial charge in [-0.05, 0) is 165 Å². The Morgan fingerprint density at radius 3 is 1.79 bits per heavy atom. The molecule has 348 valence electrons. The average molecular weight is 957 g/mol. The second-order valence-corrected chi connectivity index (χ2v) is 26.3. The van der Waals surface area contributed by atoms with E-state index in [1.54, 1.807) is 0 Å². The highest BCUT2D eigenvalue weighted by Crippen LogP contribution is 2.58. The zero-order valence-electron chi connectivity index (χ0n) is 42.2. The summed E-state index contributed by atoms with van der Waals surface area (Å²) in [7, 11) is 0. The van der Waals surface area contributed by atoms with Gasteiger partial charge in [0.2, 0.25) is 0 Å². The minimum atomic E-state index is -0.280. The van der Waals surface area contributed by atoms with E-state index >= 15 is 0 Å². The van der Waals surface area contributed by atoms with Crippen LogP contribution in [0.1, 0.15) is 109 Å². The molecule has 3 nitrogen and oxygen atoms in total. The van der Waals surface area contributed by atoms with Gasteiger partial charge in [-0.3, -0.25) is 0 Å². The van der Waals surface area contributed by atoms with Crippen LogP contribution in [0.2, 0.25) is 0 Å². The van der Waals surface area contributed by atoms with Crippen molar-refractivity contribution < 1.29 is 4.42 Å². The molecule has 0 saturated heterocycles. The van der Waals surface area contributed by atoms with Gasteiger partial charge in [-0.15, -0.1) is 22.7 Å². The summed E-state index contributed by atoms with van der Waals surface area (Å²) in [5.74, 6) is 0. The third-order valence-electron chi connectivity index (χ3n) is 18.0. The number of furan rings is 1. The first-order valence-electron chi connectivity index (χ1n) is 25.9. The van der Waals surface area contributed by atoms with Crippen LogP contribution in [0.15, 0.2) is 138 Å². The van der Waals surface area contributed by atoms with E-state index in [9.17, 15) is 0 Å². The number of benzene rings is 8. The van der Waals surface area contributed by atoms with Crippen LogP contribution in [-0.2, 0) is 21.7 Å². The summed E-state index contributed by atoms with van der Waals surface area (Å²) >= 11 is 3.85. The van der Waals surface area contributed by atoms with Crippen molar-refractivity contribution in [1.29, 1.82) is 0 Å². The second-order valence-electron chi connectivity index (χ2n) is 24.2. The average Bonchev–Trinajstić information content (AvgIpc) is 4.05. The van der Waals surface area contributed by atoms with E-state index in [1.165, 1.54) is 136 Å². The quantitative estimate of drug-likeness (QED) is 0.161. The third-order valence-corrected chi connectivity index (χ3v) is 20.4. The summed E-state index contributed by atoms with van der Waals surface area (Å²) in [4.78, 5) is 5.45. The van der Waals surface area contributed by atoms with E-state index in [-0.39, 0.29) is 28.5 Å². The zero-order chi connectivity index (χ0) is 48.2. The van der Waals surface area contributed by atoms with Crippen molar-refractivity contribution in [3.05, 3.63) is 161 Å². The topological polar surface area (TPSA) is 19.6 Å². The highest BCUT2D eigenvalue weighted by atomic mass is 32.1. The minimum Gasteiger partial charge on any atom is -0.466 e. The molecule has 5 heterocycles. The number of thiophene rings is 2. The molecule has 0 atom stereocenters. The lowest BCUT2D eigenvalue weighted by atomic mass is 9.45. The van der Waals surface area contributed by atoms with Crippen LogP contribution in [0.3, 0.4) is 0 Å². The Balaban J connectivity index is 1.16. The molecule has 0 spiro atoms. The van der Waals surface area contributed by atoms with Crippen molar-refractivity contribution in [2.75, 3.05) is 9.71 Å². The zero-order valence-corrected chi connectivity index (χ0v) is 43.9.